The molecule has 39 heavy (non-hydrogen) atoms. The number of rotatable bonds is 7. The van der Waals surface area contributed by atoms with Crippen molar-refractivity contribution in [3.05, 3.63) is 80.6 Å². The number of nitrogens with two attached hydrogens (primary N) is 2. The van der Waals surface area contributed by atoms with Crippen molar-refractivity contribution in [1.29, 1.82) is 5.26 Å². The standard InChI is InChI=1S/C26H26ClFN10O/c27-18-6-7-19(28)22-21(18)25(39)38(37-12-10-36(11-13-37)15-16-4-2-1-3-5-16)20(33-22)8-9-32-24-17(14-29)23(30)34-26(31)35-24/h1-7H,8-13,15H2,(H5,30,31,32,34,35). The van der Waals surface area contributed by atoms with E-state index >= 15 is 0 Å². The van der Waals surface area contributed by atoms with E-state index in [1.54, 1.807) is 0 Å². The number of hydrogen-bond donors (Lipinski definition) is 3. The molecule has 5 N–H and O–H groups in total. The second kappa shape index (κ2) is 11.1. The first-order valence-corrected chi connectivity index (χ1v) is 12.7. The molecule has 11 nitrogen and oxygen atoms in total. The Balaban J connectivity index is 1.43. The van der Waals surface area contributed by atoms with Gasteiger partial charge in [-0.15, -0.1) is 0 Å². The van der Waals surface area contributed by atoms with E-state index in [9.17, 15) is 14.4 Å². The summed E-state index contributed by atoms with van der Waals surface area (Å²) < 4.78 is 16.2. The van der Waals surface area contributed by atoms with Gasteiger partial charge in [0.2, 0.25) is 5.95 Å². The highest BCUT2D eigenvalue weighted by molar-refractivity contribution is 6.35. The van der Waals surface area contributed by atoms with E-state index in [4.69, 9.17) is 23.1 Å². The quantitative estimate of drug-likeness (QED) is 0.313. The summed E-state index contributed by atoms with van der Waals surface area (Å²) >= 11 is 6.33. The van der Waals surface area contributed by atoms with Gasteiger partial charge in [-0.05, 0) is 17.7 Å². The minimum atomic E-state index is -0.636. The molecule has 1 aliphatic heterocycles. The summed E-state index contributed by atoms with van der Waals surface area (Å²) in [6.07, 6.45) is 0.204. The maximum Gasteiger partial charge on any atom is 0.281 e. The lowest BCUT2D eigenvalue weighted by Crippen LogP contribution is -2.55. The van der Waals surface area contributed by atoms with Crippen LogP contribution in [-0.2, 0) is 13.0 Å². The van der Waals surface area contributed by atoms with Gasteiger partial charge in [0.15, 0.2) is 5.82 Å². The predicted octanol–water partition coefficient (Wildman–Crippen LogP) is 2.12. The summed E-state index contributed by atoms with van der Waals surface area (Å²) in [6.45, 7) is 3.58. The summed E-state index contributed by atoms with van der Waals surface area (Å²) in [7, 11) is 0. The third kappa shape index (κ3) is 5.41. The predicted molar refractivity (Wildman–Crippen MR) is 148 cm³/mol. The number of nitrogen functional groups attached to an aromatic ring is 2. The molecule has 0 unspecified atom stereocenters. The van der Waals surface area contributed by atoms with Gasteiger partial charge < -0.3 is 21.8 Å². The Kier molecular flexibility index (Phi) is 7.44. The van der Waals surface area contributed by atoms with Gasteiger partial charge in [0.1, 0.15) is 34.6 Å². The van der Waals surface area contributed by atoms with Crippen molar-refractivity contribution in [2.45, 2.75) is 13.0 Å². The summed E-state index contributed by atoms with van der Waals surface area (Å²) in [5.74, 6) is -0.256. The molecule has 2 aromatic heterocycles. The van der Waals surface area contributed by atoms with Gasteiger partial charge in [-0.2, -0.15) is 15.2 Å². The molecule has 0 atom stereocenters. The van der Waals surface area contributed by atoms with Gasteiger partial charge >= 0.3 is 0 Å². The normalized spacial score (nSPS) is 13.9. The summed E-state index contributed by atoms with van der Waals surface area (Å²) in [5.41, 5.74) is 12.2. The van der Waals surface area contributed by atoms with Crippen molar-refractivity contribution in [3.63, 3.8) is 0 Å². The first-order chi connectivity index (χ1) is 18.9. The minimum Gasteiger partial charge on any atom is -0.382 e. The molecule has 4 aromatic rings. The molecule has 1 saturated heterocycles. The topological polar surface area (TPSA) is 155 Å². The molecule has 200 valence electrons. The van der Waals surface area contributed by atoms with Crippen LogP contribution in [0.2, 0.25) is 5.02 Å². The Bertz CT molecular complexity index is 1610. The molecule has 1 fully saturated rings. The highest BCUT2D eigenvalue weighted by Crippen LogP contribution is 2.23. The zero-order chi connectivity index (χ0) is 27.5. The van der Waals surface area contributed by atoms with E-state index in [1.165, 1.54) is 22.4 Å². The van der Waals surface area contributed by atoms with Crippen molar-refractivity contribution in [2.24, 2.45) is 0 Å². The van der Waals surface area contributed by atoms with Gasteiger partial charge in [0.25, 0.3) is 5.56 Å². The van der Waals surface area contributed by atoms with Crippen molar-refractivity contribution < 1.29 is 4.39 Å². The zero-order valence-electron chi connectivity index (χ0n) is 20.9. The van der Waals surface area contributed by atoms with E-state index in [0.29, 0.717) is 18.9 Å². The minimum absolute atomic E-state index is 0.0307. The lowest BCUT2D eigenvalue weighted by molar-refractivity contribution is 0.230. The van der Waals surface area contributed by atoms with Crippen molar-refractivity contribution in [2.75, 3.05) is 54.5 Å². The van der Waals surface area contributed by atoms with Crippen LogP contribution in [0.3, 0.4) is 0 Å². The molecule has 1 aliphatic rings. The Labute approximate surface area is 228 Å². The molecule has 2 aromatic carbocycles. The van der Waals surface area contributed by atoms with Crippen LogP contribution in [0.25, 0.3) is 10.9 Å². The van der Waals surface area contributed by atoms with Crippen molar-refractivity contribution >= 4 is 40.1 Å². The van der Waals surface area contributed by atoms with Crippen molar-refractivity contribution in [1.82, 2.24) is 24.5 Å². The second-order valence-electron chi connectivity index (χ2n) is 9.09. The van der Waals surface area contributed by atoms with E-state index < -0.39 is 11.4 Å². The number of fused-ring (bicyclic) bond motifs is 1. The van der Waals surface area contributed by atoms with Gasteiger partial charge in [0, 0.05) is 45.7 Å². The van der Waals surface area contributed by atoms with Crippen molar-refractivity contribution in [3.8, 4) is 6.07 Å². The zero-order valence-corrected chi connectivity index (χ0v) is 21.7. The van der Waals surface area contributed by atoms with Gasteiger partial charge in [-0.25, -0.2) is 14.1 Å². The van der Waals surface area contributed by atoms with Gasteiger partial charge in [-0.3, -0.25) is 9.69 Å². The number of hydrogen-bond acceptors (Lipinski definition) is 10. The fourth-order valence-electron chi connectivity index (χ4n) is 4.67. The number of aromatic nitrogens is 4. The lowest BCUT2D eigenvalue weighted by Gasteiger charge is -2.37. The first-order valence-electron chi connectivity index (χ1n) is 12.3. The Morgan fingerprint density at radius 2 is 1.79 bits per heavy atom. The van der Waals surface area contributed by atoms with Gasteiger partial charge in [-0.1, -0.05) is 41.9 Å². The summed E-state index contributed by atoms with van der Waals surface area (Å²) in [6, 6.07) is 14.7. The third-order valence-corrected chi connectivity index (χ3v) is 6.87. The molecule has 0 saturated carbocycles. The number of nitriles is 1. The second-order valence-corrected chi connectivity index (χ2v) is 9.50. The molecule has 0 amide bonds. The molecule has 3 heterocycles. The van der Waals surface area contributed by atoms with Gasteiger partial charge in [0.05, 0.1) is 10.4 Å². The van der Waals surface area contributed by atoms with Crippen LogP contribution < -0.4 is 27.4 Å². The Hall–Kier alpha value is -4.47. The maximum atomic E-state index is 14.7. The number of nitrogens with one attached hydrogen (secondary N) is 1. The molecule has 13 heteroatoms. The average Bonchev–Trinajstić information content (AvgIpc) is 2.92. The summed E-state index contributed by atoms with van der Waals surface area (Å²) in [4.78, 5) is 28.4. The fourth-order valence-corrected chi connectivity index (χ4v) is 4.90. The first kappa shape index (κ1) is 26.1. The summed E-state index contributed by atoms with van der Waals surface area (Å²) in [5, 5.41) is 14.5. The highest BCUT2D eigenvalue weighted by Gasteiger charge is 2.24. The Morgan fingerprint density at radius 1 is 1.05 bits per heavy atom. The SMILES string of the molecule is N#Cc1c(N)nc(N)nc1NCCc1nc2c(F)ccc(Cl)c2c(=O)n1N1CCN(Cc2ccccc2)CC1. The van der Waals surface area contributed by atoms with Crippen LogP contribution >= 0.6 is 11.6 Å². The molecular weight excluding hydrogens is 523 g/mol. The van der Waals surface area contributed by atoms with E-state index in [2.05, 4.69) is 37.3 Å². The van der Waals surface area contributed by atoms with Crippen LogP contribution in [-0.4, -0.2) is 57.3 Å². The maximum absolute atomic E-state index is 14.7. The van der Waals surface area contributed by atoms with Crippen LogP contribution in [0.4, 0.5) is 22.0 Å². The monoisotopic (exact) mass is 548 g/mol. The number of nitrogens with zero attached hydrogens (tertiary/aromatic N) is 7. The fraction of sp³-hybridized carbons (Fsp3) is 0.269. The van der Waals surface area contributed by atoms with Crippen LogP contribution in [0, 0.1) is 17.1 Å². The lowest BCUT2D eigenvalue weighted by atomic mass is 10.2. The molecule has 5 rings (SSSR count). The third-order valence-electron chi connectivity index (χ3n) is 6.56. The molecule has 0 radical (unpaired) electrons. The highest BCUT2D eigenvalue weighted by atomic mass is 35.5. The van der Waals surface area contributed by atoms with E-state index in [1.807, 2.05) is 29.3 Å². The van der Waals surface area contributed by atoms with Crippen LogP contribution in [0.15, 0.2) is 47.3 Å². The average molecular weight is 549 g/mol. The van der Waals surface area contributed by atoms with E-state index in [-0.39, 0.29) is 52.0 Å². The Morgan fingerprint density at radius 3 is 2.51 bits per heavy atom. The number of halogens is 2. The van der Waals surface area contributed by atoms with Crippen LogP contribution in [0.1, 0.15) is 17.0 Å². The molecule has 0 spiro atoms. The largest absolute Gasteiger partial charge is 0.382 e. The smallest absolute Gasteiger partial charge is 0.281 e. The molecule has 0 aliphatic carbocycles. The van der Waals surface area contributed by atoms with E-state index in [0.717, 1.165) is 19.6 Å². The number of piperazine rings is 1. The number of anilines is 3. The van der Waals surface area contributed by atoms with Crippen LogP contribution in [0.5, 0.6) is 0 Å². The molecule has 0 bridgehead atoms. The number of benzene rings is 2. The molecular formula is C26H26ClFN10O.